The Kier molecular flexibility index (Phi) is 7.57. The van der Waals surface area contributed by atoms with Gasteiger partial charge in [0, 0.05) is 38.2 Å². The van der Waals surface area contributed by atoms with E-state index in [2.05, 4.69) is 27.4 Å². The van der Waals surface area contributed by atoms with Crippen LogP contribution >= 0.6 is 0 Å². The summed E-state index contributed by atoms with van der Waals surface area (Å²) in [6.45, 7) is 6.55. The van der Waals surface area contributed by atoms with Crippen LogP contribution in [0.4, 0.5) is 0 Å². The highest BCUT2D eigenvalue weighted by Crippen LogP contribution is 2.20. The minimum atomic E-state index is -0.132. The van der Waals surface area contributed by atoms with Gasteiger partial charge in [0.25, 0.3) is 5.91 Å². The van der Waals surface area contributed by atoms with Crippen LogP contribution in [0.1, 0.15) is 54.2 Å². The third-order valence-corrected chi connectivity index (χ3v) is 5.86. The summed E-state index contributed by atoms with van der Waals surface area (Å²) in [5.41, 5.74) is 4.14. The van der Waals surface area contributed by atoms with Crippen LogP contribution in [0.3, 0.4) is 0 Å². The SMILES string of the molecule is CNC(=O)c1ccc(-c2ccc(CNC(=O)CCN3CCCC[C@H]3C)cc2)nc1C. The third kappa shape index (κ3) is 5.66. The molecule has 1 aromatic heterocycles. The molecule has 2 aromatic rings. The lowest BCUT2D eigenvalue weighted by Crippen LogP contribution is -2.39. The molecule has 0 radical (unpaired) electrons. The average molecular weight is 409 g/mol. The van der Waals surface area contributed by atoms with Crippen molar-refractivity contribution in [2.75, 3.05) is 20.1 Å². The van der Waals surface area contributed by atoms with Gasteiger partial charge >= 0.3 is 0 Å². The van der Waals surface area contributed by atoms with Gasteiger partial charge in [-0.2, -0.15) is 0 Å². The van der Waals surface area contributed by atoms with Crippen LogP contribution in [0.5, 0.6) is 0 Å². The molecule has 0 unspecified atom stereocenters. The topological polar surface area (TPSA) is 74.3 Å². The Morgan fingerprint density at radius 3 is 2.57 bits per heavy atom. The van der Waals surface area contributed by atoms with Gasteiger partial charge in [-0.1, -0.05) is 30.7 Å². The Hall–Kier alpha value is -2.73. The number of hydrogen-bond donors (Lipinski definition) is 2. The number of rotatable bonds is 7. The van der Waals surface area contributed by atoms with E-state index in [4.69, 9.17) is 0 Å². The van der Waals surface area contributed by atoms with Gasteiger partial charge in [-0.3, -0.25) is 14.6 Å². The normalized spacial score (nSPS) is 16.8. The second-order valence-corrected chi connectivity index (χ2v) is 8.01. The molecule has 0 saturated carbocycles. The van der Waals surface area contributed by atoms with Gasteiger partial charge in [-0.15, -0.1) is 0 Å². The van der Waals surface area contributed by atoms with E-state index in [1.165, 1.54) is 19.3 Å². The minimum Gasteiger partial charge on any atom is -0.355 e. The summed E-state index contributed by atoms with van der Waals surface area (Å²) in [6, 6.07) is 12.2. The summed E-state index contributed by atoms with van der Waals surface area (Å²) in [7, 11) is 1.61. The number of likely N-dealkylation sites (tertiary alicyclic amines) is 1. The van der Waals surface area contributed by atoms with Crippen LogP contribution < -0.4 is 10.6 Å². The number of nitrogens with zero attached hydrogens (tertiary/aromatic N) is 2. The van der Waals surface area contributed by atoms with Crippen LogP contribution in [0.25, 0.3) is 11.3 Å². The molecule has 160 valence electrons. The maximum absolute atomic E-state index is 12.2. The molecule has 0 bridgehead atoms. The number of carbonyl (C=O) groups is 2. The molecule has 2 heterocycles. The van der Waals surface area contributed by atoms with E-state index in [-0.39, 0.29) is 11.8 Å². The molecule has 1 aromatic carbocycles. The molecule has 30 heavy (non-hydrogen) atoms. The van der Waals surface area contributed by atoms with Gasteiger partial charge < -0.3 is 15.5 Å². The first-order chi connectivity index (χ1) is 14.5. The van der Waals surface area contributed by atoms with E-state index in [1.54, 1.807) is 13.1 Å². The molecular formula is C24H32N4O2. The van der Waals surface area contributed by atoms with Crippen molar-refractivity contribution in [1.82, 2.24) is 20.5 Å². The molecule has 3 rings (SSSR count). The number of amides is 2. The second-order valence-electron chi connectivity index (χ2n) is 8.01. The van der Waals surface area contributed by atoms with Crippen LogP contribution in [-0.2, 0) is 11.3 Å². The van der Waals surface area contributed by atoms with Gasteiger partial charge in [-0.25, -0.2) is 0 Å². The minimum absolute atomic E-state index is 0.0962. The highest BCUT2D eigenvalue weighted by molar-refractivity contribution is 5.95. The molecule has 6 nitrogen and oxygen atoms in total. The Balaban J connectivity index is 1.51. The van der Waals surface area contributed by atoms with Gasteiger partial charge in [0.1, 0.15) is 0 Å². The van der Waals surface area contributed by atoms with Crippen molar-refractivity contribution in [1.29, 1.82) is 0 Å². The Morgan fingerprint density at radius 1 is 1.13 bits per heavy atom. The third-order valence-electron chi connectivity index (χ3n) is 5.86. The van der Waals surface area contributed by atoms with Crippen LogP contribution in [-0.4, -0.2) is 47.9 Å². The molecule has 1 aliphatic heterocycles. The molecule has 6 heteroatoms. The molecule has 1 fully saturated rings. The molecule has 1 aliphatic rings. The number of carbonyl (C=O) groups excluding carboxylic acids is 2. The lowest BCUT2D eigenvalue weighted by Gasteiger charge is -2.33. The van der Waals surface area contributed by atoms with E-state index < -0.39 is 0 Å². The zero-order valence-electron chi connectivity index (χ0n) is 18.2. The maximum atomic E-state index is 12.2. The van der Waals surface area contributed by atoms with Crippen molar-refractivity contribution in [3.05, 3.63) is 53.2 Å². The monoisotopic (exact) mass is 408 g/mol. The predicted octanol–water partition coefficient (Wildman–Crippen LogP) is 3.30. The van der Waals surface area contributed by atoms with E-state index >= 15 is 0 Å². The quantitative estimate of drug-likeness (QED) is 0.737. The Labute approximate surface area is 179 Å². The Bertz CT molecular complexity index is 879. The highest BCUT2D eigenvalue weighted by Gasteiger charge is 2.18. The number of nitrogens with one attached hydrogen (secondary N) is 2. The standard InChI is InChI=1S/C24H32N4O2/c1-17-6-4-5-14-28(17)15-13-23(29)26-16-19-7-9-20(10-8-19)22-12-11-21(18(2)27-22)24(30)25-3/h7-12,17H,4-6,13-16H2,1-3H3,(H,25,30)(H,26,29)/t17-/m1/s1. The number of pyridine rings is 1. The van der Waals surface area contributed by atoms with Gasteiger partial charge in [0.2, 0.25) is 5.91 Å². The number of aryl methyl sites for hydroxylation is 1. The first-order valence-electron chi connectivity index (χ1n) is 10.8. The second kappa shape index (κ2) is 10.3. The van der Waals surface area contributed by atoms with Gasteiger partial charge in [0.15, 0.2) is 0 Å². The summed E-state index contributed by atoms with van der Waals surface area (Å²) in [6.07, 6.45) is 4.31. The number of hydrogen-bond acceptors (Lipinski definition) is 4. The molecule has 2 amide bonds. The van der Waals surface area contributed by atoms with Crippen molar-refractivity contribution >= 4 is 11.8 Å². The summed E-state index contributed by atoms with van der Waals surface area (Å²) in [5.74, 6) is -0.0358. The average Bonchev–Trinajstić information content (AvgIpc) is 2.77. The van der Waals surface area contributed by atoms with Crippen LogP contribution in [0.2, 0.25) is 0 Å². The summed E-state index contributed by atoms with van der Waals surface area (Å²) in [5, 5.41) is 5.65. The lowest BCUT2D eigenvalue weighted by atomic mass is 10.0. The van der Waals surface area contributed by atoms with E-state index in [9.17, 15) is 9.59 Å². The summed E-state index contributed by atoms with van der Waals surface area (Å²) < 4.78 is 0. The molecule has 1 saturated heterocycles. The Morgan fingerprint density at radius 2 is 1.90 bits per heavy atom. The molecular weight excluding hydrogens is 376 g/mol. The fraction of sp³-hybridized carbons (Fsp3) is 0.458. The first kappa shape index (κ1) is 22.0. The van der Waals surface area contributed by atoms with E-state index in [0.29, 0.717) is 30.3 Å². The highest BCUT2D eigenvalue weighted by atomic mass is 16.2. The van der Waals surface area contributed by atoms with Crippen molar-refractivity contribution < 1.29 is 9.59 Å². The fourth-order valence-corrected chi connectivity index (χ4v) is 3.91. The van der Waals surface area contributed by atoms with Crippen molar-refractivity contribution in [3.63, 3.8) is 0 Å². The van der Waals surface area contributed by atoms with Crippen molar-refractivity contribution in [2.24, 2.45) is 0 Å². The zero-order valence-corrected chi connectivity index (χ0v) is 18.2. The summed E-state index contributed by atoms with van der Waals surface area (Å²) >= 11 is 0. The van der Waals surface area contributed by atoms with Crippen molar-refractivity contribution in [3.8, 4) is 11.3 Å². The van der Waals surface area contributed by atoms with Gasteiger partial charge in [-0.05, 0) is 50.9 Å². The van der Waals surface area contributed by atoms with Crippen LogP contribution in [0, 0.1) is 6.92 Å². The predicted molar refractivity (Wildman–Crippen MR) is 119 cm³/mol. The summed E-state index contributed by atoms with van der Waals surface area (Å²) in [4.78, 5) is 31.0. The number of aromatic nitrogens is 1. The molecule has 1 atom stereocenters. The van der Waals surface area contributed by atoms with E-state index in [1.807, 2.05) is 37.3 Å². The lowest BCUT2D eigenvalue weighted by molar-refractivity contribution is -0.121. The smallest absolute Gasteiger partial charge is 0.252 e. The number of piperidine rings is 1. The van der Waals surface area contributed by atoms with Gasteiger partial charge in [0.05, 0.1) is 17.0 Å². The maximum Gasteiger partial charge on any atom is 0.252 e. The molecule has 0 aliphatic carbocycles. The first-order valence-corrected chi connectivity index (χ1v) is 10.8. The van der Waals surface area contributed by atoms with E-state index in [0.717, 1.165) is 29.9 Å². The largest absolute Gasteiger partial charge is 0.355 e. The molecule has 0 spiro atoms. The van der Waals surface area contributed by atoms with Crippen LogP contribution in [0.15, 0.2) is 36.4 Å². The number of benzene rings is 1. The van der Waals surface area contributed by atoms with Crippen molar-refractivity contribution in [2.45, 2.75) is 52.1 Å². The zero-order chi connectivity index (χ0) is 21.5. The molecule has 2 N–H and O–H groups in total. The fourth-order valence-electron chi connectivity index (χ4n) is 3.91.